The number of carbonyl (C=O) groups excluding carboxylic acids is 1. The third-order valence-corrected chi connectivity index (χ3v) is 2.92. The van der Waals surface area contributed by atoms with Gasteiger partial charge in [-0.1, -0.05) is 36.4 Å². The Balaban J connectivity index is 2.48. The number of carbonyl (C=O) groups is 1. The number of aryl methyl sites for hydroxylation is 1. The van der Waals surface area contributed by atoms with Crippen molar-refractivity contribution in [1.29, 1.82) is 0 Å². The average molecular weight is 239 g/mol. The van der Waals surface area contributed by atoms with Crippen LogP contribution in [-0.4, -0.2) is 19.9 Å². The predicted molar refractivity (Wildman–Crippen MR) is 75.4 cm³/mol. The SMILES string of the molecule is Cc1ccc(C(=O)c2ccccc2)c(N(C)C)c1. The van der Waals surface area contributed by atoms with E-state index in [0.717, 1.165) is 22.4 Å². The van der Waals surface area contributed by atoms with Gasteiger partial charge in [-0.15, -0.1) is 0 Å². The topological polar surface area (TPSA) is 20.3 Å². The number of ketones is 1. The summed E-state index contributed by atoms with van der Waals surface area (Å²) < 4.78 is 0. The number of hydrogen-bond acceptors (Lipinski definition) is 2. The Morgan fingerprint density at radius 3 is 2.28 bits per heavy atom. The van der Waals surface area contributed by atoms with Crippen LogP contribution in [0.15, 0.2) is 48.5 Å². The first-order valence-corrected chi connectivity index (χ1v) is 5.97. The molecule has 2 nitrogen and oxygen atoms in total. The van der Waals surface area contributed by atoms with Gasteiger partial charge in [-0.25, -0.2) is 0 Å². The van der Waals surface area contributed by atoms with Crippen molar-refractivity contribution in [3.8, 4) is 0 Å². The second kappa shape index (κ2) is 5.05. The van der Waals surface area contributed by atoms with Gasteiger partial charge in [0.25, 0.3) is 0 Å². The molecule has 0 atom stereocenters. The fourth-order valence-corrected chi connectivity index (χ4v) is 1.95. The quantitative estimate of drug-likeness (QED) is 0.766. The van der Waals surface area contributed by atoms with Crippen LogP contribution < -0.4 is 4.90 Å². The zero-order chi connectivity index (χ0) is 13.1. The van der Waals surface area contributed by atoms with Gasteiger partial charge in [0.15, 0.2) is 5.78 Å². The summed E-state index contributed by atoms with van der Waals surface area (Å²) >= 11 is 0. The molecule has 0 heterocycles. The molecule has 0 N–H and O–H groups in total. The lowest BCUT2D eigenvalue weighted by molar-refractivity contribution is 0.103. The van der Waals surface area contributed by atoms with Crippen molar-refractivity contribution in [2.24, 2.45) is 0 Å². The lowest BCUT2D eigenvalue weighted by Crippen LogP contribution is -2.14. The third kappa shape index (κ3) is 2.43. The first-order chi connectivity index (χ1) is 8.59. The summed E-state index contributed by atoms with van der Waals surface area (Å²) in [6.07, 6.45) is 0. The standard InChI is InChI=1S/C16H17NO/c1-12-9-10-14(15(11-12)17(2)3)16(18)13-7-5-4-6-8-13/h4-11H,1-3H3. The van der Waals surface area contributed by atoms with E-state index in [0.29, 0.717) is 0 Å². The molecule has 0 aliphatic heterocycles. The van der Waals surface area contributed by atoms with Crippen molar-refractivity contribution in [2.45, 2.75) is 6.92 Å². The van der Waals surface area contributed by atoms with Crippen LogP contribution in [0.5, 0.6) is 0 Å². The molecule has 0 aliphatic carbocycles. The Morgan fingerprint density at radius 2 is 1.67 bits per heavy atom. The van der Waals surface area contributed by atoms with Gasteiger partial charge in [-0.2, -0.15) is 0 Å². The van der Waals surface area contributed by atoms with Crippen molar-refractivity contribution in [2.75, 3.05) is 19.0 Å². The Bertz CT molecular complexity index is 559. The highest BCUT2D eigenvalue weighted by Gasteiger charge is 2.14. The van der Waals surface area contributed by atoms with Crippen molar-refractivity contribution < 1.29 is 4.79 Å². The van der Waals surface area contributed by atoms with Crippen LogP contribution >= 0.6 is 0 Å². The van der Waals surface area contributed by atoms with Gasteiger partial charge in [0.05, 0.1) is 0 Å². The molecule has 2 aromatic rings. The molecule has 0 aromatic heterocycles. The Morgan fingerprint density at radius 1 is 1.00 bits per heavy atom. The van der Waals surface area contributed by atoms with E-state index in [4.69, 9.17) is 0 Å². The average Bonchev–Trinajstić information content (AvgIpc) is 2.39. The summed E-state index contributed by atoms with van der Waals surface area (Å²) in [6.45, 7) is 2.03. The molecule has 2 heteroatoms. The van der Waals surface area contributed by atoms with Crippen LogP contribution in [0.25, 0.3) is 0 Å². The maximum atomic E-state index is 12.5. The fraction of sp³-hybridized carbons (Fsp3) is 0.188. The molecular formula is C16H17NO. The van der Waals surface area contributed by atoms with Crippen LogP contribution in [0.2, 0.25) is 0 Å². The first kappa shape index (κ1) is 12.4. The summed E-state index contributed by atoms with van der Waals surface area (Å²) in [5, 5.41) is 0. The number of hydrogen-bond donors (Lipinski definition) is 0. The molecule has 0 radical (unpaired) electrons. The summed E-state index contributed by atoms with van der Waals surface area (Å²) in [4.78, 5) is 14.4. The minimum absolute atomic E-state index is 0.0688. The molecule has 92 valence electrons. The number of nitrogens with zero attached hydrogens (tertiary/aromatic N) is 1. The van der Waals surface area contributed by atoms with Gasteiger partial charge in [0.1, 0.15) is 0 Å². The number of anilines is 1. The Hall–Kier alpha value is -2.09. The molecule has 0 saturated carbocycles. The molecule has 0 aliphatic rings. The van der Waals surface area contributed by atoms with Gasteiger partial charge in [0, 0.05) is 30.9 Å². The largest absolute Gasteiger partial charge is 0.377 e. The van der Waals surface area contributed by atoms with Crippen LogP contribution in [0.4, 0.5) is 5.69 Å². The summed E-state index contributed by atoms with van der Waals surface area (Å²) in [5.41, 5.74) is 3.59. The van der Waals surface area contributed by atoms with E-state index in [1.54, 1.807) is 0 Å². The minimum atomic E-state index is 0.0688. The van der Waals surface area contributed by atoms with Gasteiger partial charge >= 0.3 is 0 Å². The van der Waals surface area contributed by atoms with Gasteiger partial charge in [0.2, 0.25) is 0 Å². The van der Waals surface area contributed by atoms with Crippen molar-refractivity contribution in [3.63, 3.8) is 0 Å². The van der Waals surface area contributed by atoms with Gasteiger partial charge < -0.3 is 4.90 Å². The van der Waals surface area contributed by atoms with Crippen LogP contribution in [-0.2, 0) is 0 Å². The summed E-state index contributed by atoms with van der Waals surface area (Å²) in [7, 11) is 3.91. The van der Waals surface area contributed by atoms with E-state index >= 15 is 0 Å². The minimum Gasteiger partial charge on any atom is -0.377 e. The summed E-state index contributed by atoms with van der Waals surface area (Å²) in [5.74, 6) is 0.0688. The molecule has 0 amide bonds. The Kier molecular flexibility index (Phi) is 3.47. The first-order valence-electron chi connectivity index (χ1n) is 5.97. The lowest BCUT2D eigenvalue weighted by Gasteiger charge is -2.17. The highest BCUT2D eigenvalue weighted by atomic mass is 16.1. The highest BCUT2D eigenvalue weighted by Crippen LogP contribution is 2.23. The van der Waals surface area contributed by atoms with Gasteiger partial charge in [-0.3, -0.25) is 4.79 Å². The second-order valence-corrected chi connectivity index (χ2v) is 4.61. The Labute approximate surface area is 108 Å². The van der Waals surface area contributed by atoms with Crippen molar-refractivity contribution in [3.05, 3.63) is 65.2 Å². The van der Waals surface area contributed by atoms with Gasteiger partial charge in [-0.05, 0) is 24.6 Å². The smallest absolute Gasteiger partial charge is 0.195 e. The van der Waals surface area contributed by atoms with E-state index in [1.165, 1.54) is 0 Å². The maximum Gasteiger partial charge on any atom is 0.195 e. The van der Waals surface area contributed by atoms with E-state index < -0.39 is 0 Å². The summed E-state index contributed by atoms with van der Waals surface area (Å²) in [6, 6.07) is 15.3. The second-order valence-electron chi connectivity index (χ2n) is 4.61. The van der Waals surface area contributed by atoms with Crippen molar-refractivity contribution >= 4 is 11.5 Å². The molecule has 0 saturated heterocycles. The third-order valence-electron chi connectivity index (χ3n) is 2.92. The number of rotatable bonds is 3. The number of benzene rings is 2. The van der Waals surface area contributed by atoms with Crippen molar-refractivity contribution in [1.82, 2.24) is 0 Å². The molecular weight excluding hydrogens is 222 g/mol. The normalized spacial score (nSPS) is 10.2. The van der Waals surface area contributed by atoms with Crippen LogP contribution in [0.3, 0.4) is 0 Å². The van der Waals surface area contributed by atoms with E-state index in [1.807, 2.05) is 74.4 Å². The molecule has 0 unspecified atom stereocenters. The fourth-order valence-electron chi connectivity index (χ4n) is 1.95. The molecule has 2 rings (SSSR count). The molecule has 0 bridgehead atoms. The molecule has 2 aromatic carbocycles. The van der Waals surface area contributed by atoms with E-state index in [2.05, 4.69) is 0 Å². The molecule has 0 spiro atoms. The van der Waals surface area contributed by atoms with E-state index in [9.17, 15) is 4.79 Å². The lowest BCUT2D eigenvalue weighted by atomic mass is 10.00. The highest BCUT2D eigenvalue weighted by molar-refractivity contribution is 6.12. The van der Waals surface area contributed by atoms with Crippen LogP contribution in [0, 0.1) is 6.92 Å². The van der Waals surface area contributed by atoms with E-state index in [-0.39, 0.29) is 5.78 Å². The zero-order valence-electron chi connectivity index (χ0n) is 11.0. The monoisotopic (exact) mass is 239 g/mol. The zero-order valence-corrected chi connectivity index (χ0v) is 11.0. The molecule has 18 heavy (non-hydrogen) atoms. The molecule has 0 fully saturated rings. The maximum absolute atomic E-state index is 12.5. The predicted octanol–water partition coefficient (Wildman–Crippen LogP) is 3.29. The van der Waals surface area contributed by atoms with Crippen LogP contribution in [0.1, 0.15) is 21.5 Å².